The first kappa shape index (κ1) is 39.2. The zero-order valence-corrected chi connectivity index (χ0v) is 37.0. The third-order valence-corrected chi connectivity index (χ3v) is 13.5. The molecule has 0 aliphatic heterocycles. The van der Waals surface area contributed by atoms with Crippen LogP contribution in [0.25, 0.3) is 107 Å². The zero-order valence-electron chi connectivity index (χ0n) is 37.0. The van der Waals surface area contributed by atoms with Gasteiger partial charge in [0.25, 0.3) is 0 Å². The number of hydrogen-bond donors (Lipinski definition) is 0. The minimum absolute atomic E-state index is 0.188. The summed E-state index contributed by atoms with van der Waals surface area (Å²) in [6, 6.07) is 67.7. The van der Waals surface area contributed by atoms with Crippen LogP contribution in [0, 0.1) is 6.92 Å². The van der Waals surface area contributed by atoms with Crippen LogP contribution in [0.15, 0.2) is 211 Å². The van der Waals surface area contributed by atoms with Gasteiger partial charge in [0, 0.05) is 44.0 Å². The lowest BCUT2D eigenvalue weighted by molar-refractivity contribution is 0.664. The maximum absolute atomic E-state index is 6.62. The molecule has 11 aromatic rings. The molecule has 0 bridgehead atoms. The number of furan rings is 1. The molecular formula is C61H44N4O. The summed E-state index contributed by atoms with van der Waals surface area (Å²) < 4.78 is 9.02. The Balaban J connectivity index is 1.00. The largest absolute Gasteiger partial charge is 0.456 e. The molecule has 66 heavy (non-hydrogen) atoms. The lowest BCUT2D eigenvalue weighted by atomic mass is 9.81. The molecule has 8 aromatic carbocycles. The summed E-state index contributed by atoms with van der Waals surface area (Å²) in [5, 5.41) is 3.30. The van der Waals surface area contributed by atoms with Crippen LogP contribution in [0.4, 0.5) is 0 Å². The molecule has 0 fully saturated rings. The van der Waals surface area contributed by atoms with E-state index in [2.05, 4.69) is 165 Å². The van der Waals surface area contributed by atoms with Crippen molar-refractivity contribution in [3.05, 3.63) is 229 Å². The maximum atomic E-state index is 6.62. The van der Waals surface area contributed by atoms with Crippen molar-refractivity contribution in [3.63, 3.8) is 0 Å². The van der Waals surface area contributed by atoms with Gasteiger partial charge in [0.15, 0.2) is 17.5 Å². The van der Waals surface area contributed by atoms with Gasteiger partial charge < -0.3 is 8.98 Å². The van der Waals surface area contributed by atoms with Crippen LogP contribution in [0.5, 0.6) is 0 Å². The SMILES string of the molecule is C=C1/C(=C\c2c(C)c3cc(-c4ccc5oc6cccc(-c7ccccc7-c7nc(-c8ccccc8)nc(-c8ccccc8)n7)c6c5c4)ccc3n2-c2ccccc2)C(C)(C)c2ccccc21. The van der Waals surface area contributed by atoms with Crippen LogP contribution in [-0.4, -0.2) is 19.5 Å². The van der Waals surface area contributed by atoms with Crippen molar-refractivity contribution >= 4 is 44.5 Å². The predicted octanol–water partition coefficient (Wildman–Crippen LogP) is 15.7. The quantitative estimate of drug-likeness (QED) is 0.160. The van der Waals surface area contributed by atoms with E-state index in [0.717, 1.165) is 83.4 Å². The second kappa shape index (κ2) is 15.4. The van der Waals surface area contributed by atoms with Crippen molar-refractivity contribution in [1.82, 2.24) is 19.5 Å². The normalized spacial score (nSPS) is 13.9. The number of aryl methyl sites for hydroxylation is 1. The van der Waals surface area contributed by atoms with Gasteiger partial charge in [0.2, 0.25) is 0 Å². The Kier molecular flexibility index (Phi) is 9.14. The number of rotatable bonds is 7. The predicted molar refractivity (Wildman–Crippen MR) is 272 cm³/mol. The summed E-state index contributed by atoms with van der Waals surface area (Å²) in [5.74, 6) is 1.86. The molecule has 0 saturated heterocycles. The summed E-state index contributed by atoms with van der Waals surface area (Å²) in [7, 11) is 0. The molecule has 0 amide bonds. The molecule has 0 radical (unpaired) electrons. The highest BCUT2D eigenvalue weighted by atomic mass is 16.3. The molecule has 0 atom stereocenters. The van der Waals surface area contributed by atoms with Gasteiger partial charge >= 0.3 is 0 Å². The number of benzene rings is 8. The molecule has 0 saturated carbocycles. The van der Waals surface area contributed by atoms with Crippen LogP contribution >= 0.6 is 0 Å². The van der Waals surface area contributed by atoms with Gasteiger partial charge in [-0.05, 0) is 106 Å². The summed E-state index contributed by atoms with van der Waals surface area (Å²) >= 11 is 0. The topological polar surface area (TPSA) is 56.7 Å². The highest BCUT2D eigenvalue weighted by Crippen LogP contribution is 2.50. The van der Waals surface area contributed by atoms with Crippen molar-refractivity contribution in [1.29, 1.82) is 0 Å². The van der Waals surface area contributed by atoms with Gasteiger partial charge in [-0.1, -0.05) is 172 Å². The van der Waals surface area contributed by atoms with Crippen LogP contribution in [0.2, 0.25) is 0 Å². The molecule has 314 valence electrons. The maximum Gasteiger partial charge on any atom is 0.164 e. The second-order valence-corrected chi connectivity index (χ2v) is 17.7. The van der Waals surface area contributed by atoms with Gasteiger partial charge in [0.05, 0.1) is 11.2 Å². The highest BCUT2D eigenvalue weighted by molar-refractivity contribution is 6.14. The van der Waals surface area contributed by atoms with E-state index < -0.39 is 0 Å². The van der Waals surface area contributed by atoms with Gasteiger partial charge in [-0.2, -0.15) is 0 Å². The van der Waals surface area contributed by atoms with Gasteiger partial charge in [0.1, 0.15) is 11.2 Å². The number of hydrogen-bond acceptors (Lipinski definition) is 4. The van der Waals surface area contributed by atoms with Gasteiger partial charge in [-0.3, -0.25) is 0 Å². The number of nitrogens with zero attached hydrogens (tertiary/aromatic N) is 4. The fourth-order valence-corrected chi connectivity index (χ4v) is 10.1. The molecule has 5 nitrogen and oxygen atoms in total. The van der Waals surface area contributed by atoms with E-state index in [1.807, 2.05) is 66.7 Å². The molecule has 1 aliphatic carbocycles. The molecular weight excluding hydrogens is 805 g/mol. The van der Waals surface area contributed by atoms with E-state index in [9.17, 15) is 0 Å². The van der Waals surface area contributed by atoms with Crippen LogP contribution < -0.4 is 0 Å². The summed E-state index contributed by atoms with van der Waals surface area (Å²) in [4.78, 5) is 15.2. The van der Waals surface area contributed by atoms with Crippen LogP contribution in [0.3, 0.4) is 0 Å². The first-order valence-electron chi connectivity index (χ1n) is 22.5. The molecule has 0 spiro atoms. The number of allylic oxidation sites excluding steroid dienone is 2. The molecule has 1 aliphatic rings. The summed E-state index contributed by atoms with van der Waals surface area (Å²) in [6.07, 6.45) is 2.38. The lowest BCUT2D eigenvalue weighted by Crippen LogP contribution is -2.15. The molecule has 0 unspecified atom stereocenters. The Labute approximate surface area is 383 Å². The number of fused-ring (bicyclic) bond motifs is 5. The van der Waals surface area contributed by atoms with Crippen molar-refractivity contribution in [2.75, 3.05) is 0 Å². The molecule has 12 rings (SSSR count). The lowest BCUT2D eigenvalue weighted by Gasteiger charge is -2.22. The Morgan fingerprint density at radius 1 is 0.500 bits per heavy atom. The highest BCUT2D eigenvalue weighted by Gasteiger charge is 2.37. The smallest absolute Gasteiger partial charge is 0.164 e. The van der Waals surface area contributed by atoms with Crippen LogP contribution in [-0.2, 0) is 5.41 Å². The first-order chi connectivity index (χ1) is 32.3. The van der Waals surface area contributed by atoms with E-state index in [-0.39, 0.29) is 5.41 Å². The van der Waals surface area contributed by atoms with Crippen molar-refractivity contribution in [3.8, 4) is 62.1 Å². The Morgan fingerprint density at radius 3 is 1.74 bits per heavy atom. The first-order valence-corrected chi connectivity index (χ1v) is 22.5. The fourth-order valence-electron chi connectivity index (χ4n) is 10.1. The average molecular weight is 849 g/mol. The number of aromatic nitrogens is 4. The molecule has 3 aromatic heterocycles. The molecule has 3 heterocycles. The third-order valence-electron chi connectivity index (χ3n) is 13.5. The summed E-state index contributed by atoms with van der Waals surface area (Å²) in [6.45, 7) is 11.5. The van der Waals surface area contributed by atoms with Crippen LogP contribution in [0.1, 0.15) is 36.2 Å². The fraction of sp³-hybridized carbons (Fsp3) is 0.0656. The zero-order chi connectivity index (χ0) is 44.5. The Morgan fingerprint density at radius 2 is 1.06 bits per heavy atom. The Bertz CT molecular complexity index is 3690. The van der Waals surface area contributed by atoms with E-state index in [1.165, 1.54) is 27.6 Å². The Hall–Kier alpha value is -8.41. The van der Waals surface area contributed by atoms with Gasteiger partial charge in [-0.25, -0.2) is 15.0 Å². The van der Waals surface area contributed by atoms with E-state index in [0.29, 0.717) is 17.5 Å². The van der Waals surface area contributed by atoms with Gasteiger partial charge in [-0.15, -0.1) is 0 Å². The number of para-hydroxylation sites is 1. The van der Waals surface area contributed by atoms with Crippen molar-refractivity contribution < 1.29 is 4.42 Å². The average Bonchev–Trinajstić information content (AvgIpc) is 3.95. The van der Waals surface area contributed by atoms with E-state index >= 15 is 0 Å². The standard InChI is InChI=1S/C61H44N4O/c1-38-45-25-16-17-29-51(45)61(3,4)52(38)37-54-39(2)49-35-42(31-33-53(49)65(54)44-23-12-7-13-24-44)43-32-34-55-50(36-43)57-47(28-18-30-56(57)66-55)46-26-14-15-27-48(46)60-63-58(40-19-8-5-9-20-40)62-59(64-60)41-21-10-6-11-22-41/h5-37H,1H2,2-4H3/b52-37+. The monoisotopic (exact) mass is 848 g/mol. The summed E-state index contributed by atoms with van der Waals surface area (Å²) in [5.41, 5.74) is 18.1. The molecule has 0 N–H and O–H groups in total. The minimum Gasteiger partial charge on any atom is -0.456 e. The van der Waals surface area contributed by atoms with E-state index in [1.54, 1.807) is 0 Å². The van der Waals surface area contributed by atoms with Crippen molar-refractivity contribution in [2.24, 2.45) is 0 Å². The van der Waals surface area contributed by atoms with E-state index in [4.69, 9.17) is 19.4 Å². The molecule has 5 heteroatoms. The third kappa shape index (κ3) is 6.34. The second-order valence-electron chi connectivity index (χ2n) is 17.7. The minimum atomic E-state index is -0.188. The van der Waals surface area contributed by atoms with Crippen molar-refractivity contribution in [2.45, 2.75) is 26.2 Å².